The average molecular weight is 260 g/mol. The first-order chi connectivity index (χ1) is 9.04. The van der Waals surface area contributed by atoms with E-state index in [9.17, 15) is 0 Å². The minimum atomic E-state index is 0.510. The Bertz CT molecular complexity index is 447. The summed E-state index contributed by atoms with van der Waals surface area (Å²) in [5, 5.41) is 3.54. The molecule has 0 bridgehead atoms. The van der Waals surface area contributed by atoms with Gasteiger partial charge in [-0.1, -0.05) is 12.2 Å². The molecule has 0 radical (unpaired) electrons. The number of hydrogen-bond donors (Lipinski definition) is 1. The summed E-state index contributed by atoms with van der Waals surface area (Å²) in [7, 11) is 0. The van der Waals surface area contributed by atoms with E-state index in [1.54, 1.807) is 0 Å². The van der Waals surface area contributed by atoms with Gasteiger partial charge in [-0.2, -0.15) is 0 Å². The molecule has 1 aromatic rings. The number of aromatic nitrogens is 2. The van der Waals surface area contributed by atoms with Crippen molar-refractivity contribution in [2.24, 2.45) is 0 Å². The Balaban J connectivity index is 1.88. The first kappa shape index (κ1) is 14.0. The van der Waals surface area contributed by atoms with Gasteiger partial charge in [0.15, 0.2) is 0 Å². The van der Waals surface area contributed by atoms with Crippen molar-refractivity contribution in [1.82, 2.24) is 14.9 Å². The van der Waals surface area contributed by atoms with Crippen LogP contribution in [0.5, 0.6) is 0 Å². The van der Waals surface area contributed by atoms with Crippen LogP contribution in [0.1, 0.15) is 31.2 Å². The van der Waals surface area contributed by atoms with E-state index in [2.05, 4.69) is 33.7 Å². The molecule has 0 amide bonds. The molecule has 19 heavy (non-hydrogen) atoms. The summed E-state index contributed by atoms with van der Waals surface area (Å²) < 4.78 is 0. The van der Waals surface area contributed by atoms with Crippen LogP contribution in [-0.2, 0) is 0 Å². The van der Waals surface area contributed by atoms with Gasteiger partial charge in [0.05, 0.1) is 11.4 Å². The number of aryl methyl sites for hydroxylation is 2. The van der Waals surface area contributed by atoms with E-state index < -0.39 is 0 Å². The molecule has 0 atom stereocenters. The van der Waals surface area contributed by atoms with Crippen LogP contribution in [0.15, 0.2) is 18.3 Å². The summed E-state index contributed by atoms with van der Waals surface area (Å²) in [6, 6.07) is 0.510. The van der Waals surface area contributed by atoms with Gasteiger partial charge in [-0.15, -0.1) is 0 Å². The highest BCUT2D eigenvalue weighted by molar-refractivity contribution is 5.40. The molecule has 0 saturated carbocycles. The van der Waals surface area contributed by atoms with Crippen molar-refractivity contribution in [3.05, 3.63) is 29.7 Å². The zero-order valence-electron chi connectivity index (χ0n) is 12.2. The van der Waals surface area contributed by atoms with Crippen molar-refractivity contribution in [3.8, 4) is 0 Å². The van der Waals surface area contributed by atoms with Gasteiger partial charge in [-0.3, -0.25) is 9.88 Å². The van der Waals surface area contributed by atoms with Crippen LogP contribution < -0.4 is 5.32 Å². The van der Waals surface area contributed by atoms with Gasteiger partial charge in [0.1, 0.15) is 5.82 Å². The van der Waals surface area contributed by atoms with E-state index in [0.717, 1.165) is 49.7 Å². The lowest BCUT2D eigenvalue weighted by molar-refractivity contribution is 0.235. The normalized spacial score (nSPS) is 17.4. The highest BCUT2D eigenvalue weighted by Crippen LogP contribution is 2.17. The van der Waals surface area contributed by atoms with Crippen LogP contribution in [0.2, 0.25) is 0 Å². The van der Waals surface area contributed by atoms with Crippen molar-refractivity contribution >= 4 is 5.82 Å². The molecule has 0 unspecified atom stereocenters. The molecule has 2 rings (SSSR count). The van der Waals surface area contributed by atoms with Gasteiger partial charge in [-0.25, -0.2) is 4.98 Å². The smallest absolute Gasteiger partial charge is 0.147 e. The fourth-order valence-electron chi connectivity index (χ4n) is 2.48. The molecule has 0 aromatic carbocycles. The second-order valence-corrected chi connectivity index (χ2v) is 5.60. The van der Waals surface area contributed by atoms with Crippen LogP contribution in [0, 0.1) is 13.8 Å². The first-order valence-corrected chi connectivity index (χ1v) is 6.98. The third-order valence-electron chi connectivity index (χ3n) is 3.50. The third-order valence-corrected chi connectivity index (χ3v) is 3.50. The Kier molecular flexibility index (Phi) is 4.53. The predicted octanol–water partition coefficient (Wildman–Crippen LogP) is 2.55. The SMILES string of the molecule is C=C(C)CN1CCC(Nc2nc(C)cnc2C)CC1. The van der Waals surface area contributed by atoms with Gasteiger partial charge in [0, 0.05) is 31.9 Å². The molecular formula is C15H24N4. The Morgan fingerprint density at radius 3 is 2.74 bits per heavy atom. The number of rotatable bonds is 4. The van der Waals surface area contributed by atoms with E-state index in [0.29, 0.717) is 6.04 Å². The van der Waals surface area contributed by atoms with Crippen molar-refractivity contribution in [1.29, 1.82) is 0 Å². The zero-order valence-corrected chi connectivity index (χ0v) is 12.2. The molecule has 2 heterocycles. The van der Waals surface area contributed by atoms with Crippen molar-refractivity contribution < 1.29 is 0 Å². The second kappa shape index (κ2) is 6.15. The molecule has 1 aliphatic rings. The predicted molar refractivity (Wildman–Crippen MR) is 79.4 cm³/mol. The summed E-state index contributed by atoms with van der Waals surface area (Å²) in [6.07, 6.45) is 4.13. The molecule has 0 spiro atoms. The van der Waals surface area contributed by atoms with Crippen molar-refractivity contribution in [2.45, 2.75) is 39.7 Å². The van der Waals surface area contributed by atoms with Crippen molar-refractivity contribution in [3.63, 3.8) is 0 Å². The summed E-state index contributed by atoms with van der Waals surface area (Å²) in [4.78, 5) is 11.4. The summed E-state index contributed by atoms with van der Waals surface area (Å²) >= 11 is 0. The van der Waals surface area contributed by atoms with Crippen LogP contribution in [0.25, 0.3) is 0 Å². The third kappa shape index (κ3) is 4.03. The molecular weight excluding hydrogens is 236 g/mol. The Morgan fingerprint density at radius 1 is 1.42 bits per heavy atom. The highest BCUT2D eigenvalue weighted by atomic mass is 15.1. The maximum absolute atomic E-state index is 4.53. The van der Waals surface area contributed by atoms with Crippen LogP contribution in [-0.4, -0.2) is 40.5 Å². The summed E-state index contributed by atoms with van der Waals surface area (Å²) in [6.45, 7) is 13.3. The Hall–Kier alpha value is -1.42. The molecule has 1 aromatic heterocycles. The average Bonchev–Trinajstić information content (AvgIpc) is 2.35. The lowest BCUT2D eigenvalue weighted by atomic mass is 10.0. The standard InChI is InChI=1S/C15H24N4/c1-11(2)10-19-7-5-14(6-8-19)18-15-13(4)16-9-12(3)17-15/h9,14H,1,5-8,10H2,2-4H3,(H,17,18). The van der Waals surface area contributed by atoms with Gasteiger partial charge >= 0.3 is 0 Å². The summed E-state index contributed by atoms with van der Waals surface area (Å²) in [5.74, 6) is 0.943. The minimum absolute atomic E-state index is 0.510. The van der Waals surface area contributed by atoms with Crippen LogP contribution >= 0.6 is 0 Å². The lowest BCUT2D eigenvalue weighted by Gasteiger charge is -2.32. The molecule has 0 aliphatic carbocycles. The molecule has 4 nitrogen and oxygen atoms in total. The monoisotopic (exact) mass is 260 g/mol. The van der Waals surface area contributed by atoms with Gasteiger partial charge in [-0.05, 0) is 33.6 Å². The molecule has 1 saturated heterocycles. The number of nitrogens with one attached hydrogen (secondary N) is 1. The molecule has 1 aliphatic heterocycles. The fourth-order valence-corrected chi connectivity index (χ4v) is 2.48. The molecule has 1 N–H and O–H groups in total. The second-order valence-electron chi connectivity index (χ2n) is 5.60. The number of piperidine rings is 1. The number of likely N-dealkylation sites (tertiary alicyclic amines) is 1. The maximum atomic E-state index is 4.53. The van der Waals surface area contributed by atoms with Crippen molar-refractivity contribution in [2.75, 3.05) is 25.0 Å². The fraction of sp³-hybridized carbons (Fsp3) is 0.600. The van der Waals surface area contributed by atoms with Gasteiger partial charge in [0.25, 0.3) is 0 Å². The minimum Gasteiger partial charge on any atom is -0.366 e. The lowest BCUT2D eigenvalue weighted by Crippen LogP contribution is -2.40. The number of nitrogens with zero attached hydrogens (tertiary/aromatic N) is 3. The zero-order chi connectivity index (χ0) is 13.8. The Labute approximate surface area is 115 Å². The topological polar surface area (TPSA) is 41.0 Å². The van der Waals surface area contributed by atoms with Crippen LogP contribution in [0.3, 0.4) is 0 Å². The van der Waals surface area contributed by atoms with Crippen LogP contribution in [0.4, 0.5) is 5.82 Å². The quantitative estimate of drug-likeness (QED) is 0.845. The maximum Gasteiger partial charge on any atom is 0.147 e. The van der Waals surface area contributed by atoms with E-state index in [1.807, 2.05) is 20.0 Å². The largest absolute Gasteiger partial charge is 0.366 e. The van der Waals surface area contributed by atoms with E-state index in [1.165, 1.54) is 5.57 Å². The molecule has 4 heteroatoms. The van der Waals surface area contributed by atoms with Gasteiger partial charge in [0.2, 0.25) is 0 Å². The number of anilines is 1. The van der Waals surface area contributed by atoms with Gasteiger partial charge < -0.3 is 5.32 Å². The van der Waals surface area contributed by atoms with E-state index >= 15 is 0 Å². The molecule has 104 valence electrons. The van der Waals surface area contributed by atoms with E-state index in [4.69, 9.17) is 0 Å². The molecule has 1 fully saturated rings. The van der Waals surface area contributed by atoms with E-state index in [-0.39, 0.29) is 0 Å². The summed E-state index contributed by atoms with van der Waals surface area (Å²) in [5.41, 5.74) is 3.19. The first-order valence-electron chi connectivity index (χ1n) is 6.98. The highest BCUT2D eigenvalue weighted by Gasteiger charge is 2.19. The Morgan fingerprint density at radius 2 is 2.11 bits per heavy atom. The number of hydrogen-bond acceptors (Lipinski definition) is 4.